The summed E-state index contributed by atoms with van der Waals surface area (Å²) in [6.45, 7) is 2.56. The van der Waals surface area contributed by atoms with Crippen molar-refractivity contribution in [2.75, 3.05) is 13.7 Å². The summed E-state index contributed by atoms with van der Waals surface area (Å²) in [6, 6.07) is 9.34. The van der Waals surface area contributed by atoms with E-state index in [0.29, 0.717) is 6.61 Å². The van der Waals surface area contributed by atoms with Gasteiger partial charge in [0.15, 0.2) is 6.10 Å². The van der Waals surface area contributed by atoms with Crippen LogP contribution in [0, 0.1) is 0 Å². The van der Waals surface area contributed by atoms with Gasteiger partial charge in [0.05, 0.1) is 12.7 Å². The predicted molar refractivity (Wildman–Crippen MR) is 84.5 cm³/mol. The summed E-state index contributed by atoms with van der Waals surface area (Å²) in [5.41, 5.74) is 0.788. The summed E-state index contributed by atoms with van der Waals surface area (Å²) in [6.07, 6.45) is 6.30. The van der Waals surface area contributed by atoms with Gasteiger partial charge in [0.25, 0.3) is 0 Å². The number of methoxy groups -OCH3 is 1. The Balaban J connectivity index is 1.89. The third kappa shape index (κ3) is 4.68. The van der Waals surface area contributed by atoms with Crippen molar-refractivity contribution < 1.29 is 19.0 Å². The van der Waals surface area contributed by atoms with Gasteiger partial charge >= 0.3 is 5.97 Å². The summed E-state index contributed by atoms with van der Waals surface area (Å²) in [4.78, 5) is 12.3. The van der Waals surface area contributed by atoms with E-state index in [1.807, 2.05) is 42.5 Å². The summed E-state index contributed by atoms with van der Waals surface area (Å²) < 4.78 is 16.5. The molecule has 1 heterocycles. The van der Waals surface area contributed by atoms with Crippen LogP contribution in [-0.2, 0) is 19.0 Å². The monoisotopic (exact) mass is 304 g/mol. The van der Waals surface area contributed by atoms with Crippen LogP contribution in [0.5, 0.6) is 0 Å². The second-order valence-corrected chi connectivity index (χ2v) is 5.40. The number of hydrogen-bond acceptors (Lipinski definition) is 4. The Labute approximate surface area is 132 Å². The quantitative estimate of drug-likeness (QED) is 0.572. The van der Waals surface area contributed by atoms with Crippen LogP contribution in [0.15, 0.2) is 42.5 Å². The molecule has 120 valence electrons. The lowest BCUT2D eigenvalue weighted by Crippen LogP contribution is -2.31. The largest absolute Gasteiger partial charge is 0.453 e. The van der Waals surface area contributed by atoms with E-state index >= 15 is 0 Å². The Morgan fingerprint density at radius 3 is 2.68 bits per heavy atom. The van der Waals surface area contributed by atoms with Gasteiger partial charge in [-0.2, -0.15) is 0 Å². The molecule has 0 saturated heterocycles. The Hall–Kier alpha value is -1.65. The van der Waals surface area contributed by atoms with Gasteiger partial charge in [-0.1, -0.05) is 56.2 Å². The minimum atomic E-state index is -0.701. The SMILES string of the molecule is CCCC[C@H]1C=C[C@@H](OC(=O)[C@@H](OC)c2ccccc2)CO1. The van der Waals surface area contributed by atoms with E-state index in [4.69, 9.17) is 14.2 Å². The third-order valence-electron chi connectivity index (χ3n) is 3.68. The Bertz CT molecular complexity index is 483. The normalized spacial score (nSPS) is 22.3. The molecule has 0 spiro atoms. The molecule has 3 atom stereocenters. The highest BCUT2D eigenvalue weighted by Gasteiger charge is 2.26. The van der Waals surface area contributed by atoms with Crippen LogP contribution in [0.2, 0.25) is 0 Å². The first-order valence-corrected chi connectivity index (χ1v) is 7.82. The van der Waals surface area contributed by atoms with Gasteiger partial charge in [0.1, 0.15) is 6.10 Å². The highest BCUT2D eigenvalue weighted by atomic mass is 16.6. The zero-order valence-electron chi connectivity index (χ0n) is 13.2. The van der Waals surface area contributed by atoms with Crippen LogP contribution in [0.25, 0.3) is 0 Å². The summed E-state index contributed by atoms with van der Waals surface area (Å²) >= 11 is 0. The number of esters is 1. The van der Waals surface area contributed by atoms with Crippen molar-refractivity contribution in [3.05, 3.63) is 48.0 Å². The second kappa shape index (κ2) is 8.71. The van der Waals surface area contributed by atoms with Crippen molar-refractivity contribution in [3.63, 3.8) is 0 Å². The molecule has 1 aliphatic rings. The molecule has 1 aromatic rings. The first kappa shape index (κ1) is 16.7. The van der Waals surface area contributed by atoms with E-state index in [-0.39, 0.29) is 18.2 Å². The zero-order chi connectivity index (χ0) is 15.8. The predicted octanol–water partition coefficient (Wildman–Crippen LogP) is 3.43. The molecule has 0 aromatic heterocycles. The lowest BCUT2D eigenvalue weighted by molar-refractivity contribution is -0.163. The molecule has 0 fully saturated rings. The van der Waals surface area contributed by atoms with Gasteiger partial charge in [-0.25, -0.2) is 4.79 Å². The molecule has 0 bridgehead atoms. The van der Waals surface area contributed by atoms with E-state index in [2.05, 4.69) is 6.92 Å². The number of ether oxygens (including phenoxy) is 3. The molecular weight excluding hydrogens is 280 g/mol. The van der Waals surface area contributed by atoms with Crippen LogP contribution in [0.4, 0.5) is 0 Å². The summed E-state index contributed by atoms with van der Waals surface area (Å²) in [5.74, 6) is -0.390. The van der Waals surface area contributed by atoms with Crippen LogP contribution in [0.3, 0.4) is 0 Å². The standard InChI is InChI=1S/C18H24O4/c1-3-4-10-15-11-12-16(13-21-15)22-18(19)17(20-2)14-8-6-5-7-9-14/h5-9,11-12,15-17H,3-4,10,13H2,1-2H3/t15-,16+,17-/m0/s1. The van der Waals surface area contributed by atoms with Gasteiger partial charge in [0.2, 0.25) is 0 Å². The molecule has 0 aliphatic carbocycles. The minimum Gasteiger partial charge on any atom is -0.453 e. The molecule has 0 saturated carbocycles. The van der Waals surface area contributed by atoms with E-state index < -0.39 is 6.10 Å². The van der Waals surface area contributed by atoms with E-state index in [1.165, 1.54) is 7.11 Å². The number of hydrogen-bond donors (Lipinski definition) is 0. The number of carbonyl (C=O) groups excluding carboxylic acids is 1. The van der Waals surface area contributed by atoms with Gasteiger partial charge < -0.3 is 14.2 Å². The van der Waals surface area contributed by atoms with Crippen LogP contribution < -0.4 is 0 Å². The summed E-state index contributed by atoms with van der Waals surface area (Å²) in [5, 5.41) is 0. The molecule has 0 amide bonds. The molecule has 4 nitrogen and oxygen atoms in total. The molecule has 2 rings (SSSR count). The fourth-order valence-electron chi connectivity index (χ4n) is 2.44. The van der Waals surface area contributed by atoms with E-state index in [9.17, 15) is 4.79 Å². The molecule has 0 unspecified atom stereocenters. The average molecular weight is 304 g/mol. The number of rotatable bonds is 7. The van der Waals surface area contributed by atoms with E-state index in [0.717, 1.165) is 24.8 Å². The topological polar surface area (TPSA) is 44.8 Å². The lowest BCUT2D eigenvalue weighted by Gasteiger charge is -2.25. The number of carbonyl (C=O) groups is 1. The van der Waals surface area contributed by atoms with Crippen molar-refractivity contribution in [2.24, 2.45) is 0 Å². The van der Waals surface area contributed by atoms with Crippen molar-refractivity contribution >= 4 is 5.97 Å². The molecule has 4 heteroatoms. The van der Waals surface area contributed by atoms with Crippen LogP contribution >= 0.6 is 0 Å². The second-order valence-electron chi connectivity index (χ2n) is 5.40. The van der Waals surface area contributed by atoms with Crippen molar-refractivity contribution in [1.29, 1.82) is 0 Å². The maximum Gasteiger partial charge on any atom is 0.340 e. The fraction of sp³-hybridized carbons (Fsp3) is 0.500. The fourth-order valence-corrected chi connectivity index (χ4v) is 2.44. The average Bonchev–Trinajstić information content (AvgIpc) is 2.56. The van der Waals surface area contributed by atoms with Crippen molar-refractivity contribution in [2.45, 2.75) is 44.5 Å². The van der Waals surface area contributed by atoms with Gasteiger partial charge in [-0.3, -0.25) is 0 Å². The third-order valence-corrected chi connectivity index (χ3v) is 3.68. The number of unbranched alkanes of at least 4 members (excludes halogenated alkanes) is 1. The Morgan fingerprint density at radius 1 is 1.32 bits per heavy atom. The first-order chi connectivity index (χ1) is 10.7. The van der Waals surface area contributed by atoms with Crippen LogP contribution in [0.1, 0.15) is 37.9 Å². The van der Waals surface area contributed by atoms with Gasteiger partial charge in [-0.05, 0) is 18.1 Å². The molecule has 1 aromatic carbocycles. The Morgan fingerprint density at radius 2 is 2.09 bits per heavy atom. The van der Waals surface area contributed by atoms with Crippen molar-refractivity contribution in [1.82, 2.24) is 0 Å². The Kier molecular flexibility index (Phi) is 6.62. The zero-order valence-corrected chi connectivity index (χ0v) is 13.2. The van der Waals surface area contributed by atoms with E-state index in [1.54, 1.807) is 0 Å². The minimum absolute atomic E-state index is 0.141. The van der Waals surface area contributed by atoms with Gasteiger partial charge in [0, 0.05) is 7.11 Å². The summed E-state index contributed by atoms with van der Waals surface area (Å²) in [7, 11) is 1.51. The molecule has 0 radical (unpaired) electrons. The van der Waals surface area contributed by atoms with Gasteiger partial charge in [-0.15, -0.1) is 0 Å². The van der Waals surface area contributed by atoms with Crippen LogP contribution in [-0.4, -0.2) is 31.9 Å². The highest BCUT2D eigenvalue weighted by molar-refractivity contribution is 5.76. The molecule has 1 aliphatic heterocycles. The molecule has 0 N–H and O–H groups in total. The van der Waals surface area contributed by atoms with Crippen molar-refractivity contribution in [3.8, 4) is 0 Å². The lowest BCUT2D eigenvalue weighted by atomic mass is 10.1. The molecule has 22 heavy (non-hydrogen) atoms. The maximum atomic E-state index is 12.3. The number of benzene rings is 1. The smallest absolute Gasteiger partial charge is 0.340 e. The maximum absolute atomic E-state index is 12.3. The first-order valence-electron chi connectivity index (χ1n) is 7.82. The highest BCUT2D eigenvalue weighted by Crippen LogP contribution is 2.20. The molecular formula is C18H24O4.